The average Bonchev–Trinajstić information content (AvgIpc) is 3.34. The van der Waals surface area contributed by atoms with Crippen molar-refractivity contribution < 1.29 is 13.9 Å². The molecule has 2 aliphatic rings. The molecule has 6 nitrogen and oxygen atoms in total. The molecule has 2 aromatic heterocycles. The van der Waals surface area contributed by atoms with Crippen LogP contribution in [-0.2, 0) is 11.3 Å². The van der Waals surface area contributed by atoms with Crippen LogP contribution < -0.4 is 0 Å². The van der Waals surface area contributed by atoms with Gasteiger partial charge < -0.3 is 18.6 Å². The molecule has 0 spiro atoms. The molecule has 1 amide bonds. The van der Waals surface area contributed by atoms with Gasteiger partial charge in [0.15, 0.2) is 5.76 Å². The van der Waals surface area contributed by atoms with Crippen LogP contribution in [0.25, 0.3) is 0 Å². The van der Waals surface area contributed by atoms with Gasteiger partial charge in [0.25, 0.3) is 5.91 Å². The molecular weight excluding hydrogens is 330 g/mol. The Bertz CT molecular complexity index is 724. The third-order valence-electron chi connectivity index (χ3n) is 5.75. The molecule has 4 heterocycles. The Labute approximate surface area is 154 Å². The summed E-state index contributed by atoms with van der Waals surface area (Å²) >= 11 is 0. The van der Waals surface area contributed by atoms with Crippen molar-refractivity contribution in [2.24, 2.45) is 5.92 Å². The van der Waals surface area contributed by atoms with Gasteiger partial charge in [0.1, 0.15) is 5.82 Å². The van der Waals surface area contributed by atoms with E-state index in [2.05, 4.69) is 11.5 Å². The molecule has 26 heavy (non-hydrogen) atoms. The van der Waals surface area contributed by atoms with E-state index in [1.807, 2.05) is 11.1 Å². The fourth-order valence-corrected chi connectivity index (χ4v) is 4.13. The first kappa shape index (κ1) is 17.3. The molecule has 2 saturated heterocycles. The largest absolute Gasteiger partial charge is 0.459 e. The number of likely N-dealkylation sites (tertiary alicyclic amines) is 1. The molecule has 0 saturated carbocycles. The molecule has 0 aliphatic carbocycles. The summed E-state index contributed by atoms with van der Waals surface area (Å²) in [5, 5.41) is 0. The van der Waals surface area contributed by atoms with E-state index in [-0.39, 0.29) is 5.91 Å². The lowest BCUT2D eigenvalue weighted by Gasteiger charge is -2.32. The van der Waals surface area contributed by atoms with Crippen molar-refractivity contribution in [2.45, 2.75) is 45.1 Å². The van der Waals surface area contributed by atoms with Crippen molar-refractivity contribution >= 4 is 5.91 Å². The number of hydrogen-bond donors (Lipinski definition) is 0. The van der Waals surface area contributed by atoms with Crippen molar-refractivity contribution in [1.29, 1.82) is 0 Å². The number of hydrogen-bond acceptors (Lipinski definition) is 4. The van der Waals surface area contributed by atoms with E-state index in [4.69, 9.17) is 14.1 Å². The van der Waals surface area contributed by atoms with E-state index in [1.54, 1.807) is 18.4 Å². The zero-order valence-electron chi connectivity index (χ0n) is 15.4. The van der Waals surface area contributed by atoms with Gasteiger partial charge in [-0.25, -0.2) is 4.98 Å². The van der Waals surface area contributed by atoms with Gasteiger partial charge in [-0.05, 0) is 50.7 Å². The minimum atomic E-state index is 0.00940. The SMILES string of the molecule is Cc1cnc(C2CCOCC2)n1CC1CCN(C(=O)c2ccco2)CC1. The van der Waals surface area contributed by atoms with Crippen LogP contribution in [0.4, 0.5) is 0 Å². The highest BCUT2D eigenvalue weighted by Crippen LogP contribution is 2.29. The normalized spacial score (nSPS) is 19.8. The maximum absolute atomic E-state index is 12.4. The molecular formula is C20H27N3O3. The molecule has 0 radical (unpaired) electrons. The number of furan rings is 1. The van der Waals surface area contributed by atoms with Crippen molar-refractivity contribution in [2.75, 3.05) is 26.3 Å². The molecule has 0 N–H and O–H groups in total. The highest BCUT2D eigenvalue weighted by atomic mass is 16.5. The Morgan fingerprint density at radius 1 is 1.23 bits per heavy atom. The van der Waals surface area contributed by atoms with Gasteiger partial charge in [-0.15, -0.1) is 0 Å². The number of carbonyl (C=O) groups excluding carboxylic acids is 1. The highest BCUT2D eigenvalue weighted by molar-refractivity contribution is 5.91. The number of imidazole rings is 1. The number of piperidine rings is 1. The summed E-state index contributed by atoms with van der Waals surface area (Å²) in [4.78, 5) is 19.0. The maximum atomic E-state index is 12.4. The van der Waals surface area contributed by atoms with Crippen LogP contribution in [0.2, 0.25) is 0 Å². The first-order chi connectivity index (χ1) is 12.7. The number of aromatic nitrogens is 2. The number of rotatable bonds is 4. The van der Waals surface area contributed by atoms with Crippen LogP contribution in [0.5, 0.6) is 0 Å². The first-order valence-corrected chi connectivity index (χ1v) is 9.65. The maximum Gasteiger partial charge on any atom is 0.289 e. The fraction of sp³-hybridized carbons (Fsp3) is 0.600. The molecule has 2 fully saturated rings. The zero-order chi connectivity index (χ0) is 17.9. The molecule has 0 aromatic carbocycles. The number of amides is 1. The molecule has 140 valence electrons. The van der Waals surface area contributed by atoms with Gasteiger partial charge in [-0.2, -0.15) is 0 Å². The van der Waals surface area contributed by atoms with E-state index >= 15 is 0 Å². The molecule has 0 bridgehead atoms. The molecule has 0 atom stereocenters. The zero-order valence-corrected chi connectivity index (χ0v) is 15.4. The minimum absolute atomic E-state index is 0.00940. The van der Waals surface area contributed by atoms with Crippen LogP contribution in [-0.4, -0.2) is 46.7 Å². The van der Waals surface area contributed by atoms with Crippen molar-refractivity contribution in [1.82, 2.24) is 14.5 Å². The van der Waals surface area contributed by atoms with Crippen molar-refractivity contribution in [3.05, 3.63) is 41.9 Å². The monoisotopic (exact) mass is 357 g/mol. The summed E-state index contributed by atoms with van der Waals surface area (Å²) in [6.07, 6.45) is 7.73. The van der Waals surface area contributed by atoms with Gasteiger partial charge >= 0.3 is 0 Å². The molecule has 4 rings (SSSR count). The Morgan fingerprint density at radius 2 is 2.00 bits per heavy atom. The average molecular weight is 357 g/mol. The van der Waals surface area contributed by atoms with E-state index in [1.165, 1.54) is 11.5 Å². The lowest BCUT2D eigenvalue weighted by atomic mass is 9.95. The van der Waals surface area contributed by atoms with E-state index in [9.17, 15) is 4.79 Å². The molecule has 0 unspecified atom stereocenters. The Kier molecular flexibility index (Phi) is 5.11. The van der Waals surface area contributed by atoms with Crippen molar-refractivity contribution in [3.63, 3.8) is 0 Å². The second kappa shape index (κ2) is 7.66. The number of ether oxygens (including phenoxy) is 1. The summed E-state index contributed by atoms with van der Waals surface area (Å²) in [6.45, 7) is 6.41. The van der Waals surface area contributed by atoms with Crippen LogP contribution >= 0.6 is 0 Å². The number of nitrogens with zero attached hydrogens (tertiary/aromatic N) is 3. The predicted octanol–water partition coefficient (Wildman–Crippen LogP) is 3.23. The summed E-state index contributed by atoms with van der Waals surface area (Å²) in [7, 11) is 0. The lowest BCUT2D eigenvalue weighted by molar-refractivity contribution is 0.0648. The Hall–Kier alpha value is -2.08. The summed E-state index contributed by atoms with van der Waals surface area (Å²) < 4.78 is 13.2. The lowest BCUT2D eigenvalue weighted by Crippen LogP contribution is -2.39. The van der Waals surface area contributed by atoms with Gasteiger partial charge in [-0.3, -0.25) is 4.79 Å². The summed E-state index contributed by atoms with van der Waals surface area (Å²) in [6, 6.07) is 3.50. The van der Waals surface area contributed by atoms with Crippen LogP contribution in [0.3, 0.4) is 0 Å². The van der Waals surface area contributed by atoms with Gasteiger partial charge in [0.2, 0.25) is 0 Å². The third-order valence-corrected chi connectivity index (χ3v) is 5.75. The number of aryl methyl sites for hydroxylation is 1. The molecule has 2 aliphatic heterocycles. The third kappa shape index (κ3) is 3.56. The first-order valence-electron chi connectivity index (χ1n) is 9.65. The quantitative estimate of drug-likeness (QED) is 0.843. The number of carbonyl (C=O) groups is 1. The summed E-state index contributed by atoms with van der Waals surface area (Å²) in [5.41, 5.74) is 1.24. The molecule has 6 heteroatoms. The fourth-order valence-electron chi connectivity index (χ4n) is 4.13. The van der Waals surface area contributed by atoms with Crippen molar-refractivity contribution in [3.8, 4) is 0 Å². The van der Waals surface area contributed by atoms with Crippen LogP contribution in [0.15, 0.2) is 29.0 Å². The van der Waals surface area contributed by atoms with E-state index in [0.717, 1.165) is 58.5 Å². The Morgan fingerprint density at radius 3 is 2.69 bits per heavy atom. The van der Waals surface area contributed by atoms with Crippen LogP contribution in [0.1, 0.15) is 53.7 Å². The van der Waals surface area contributed by atoms with E-state index < -0.39 is 0 Å². The smallest absolute Gasteiger partial charge is 0.289 e. The van der Waals surface area contributed by atoms with Crippen LogP contribution in [0, 0.1) is 12.8 Å². The van der Waals surface area contributed by atoms with E-state index in [0.29, 0.717) is 17.6 Å². The standard InChI is InChI=1S/C20H27N3O3/c1-15-13-21-19(17-6-11-25-12-7-17)23(15)14-16-4-8-22(9-5-16)20(24)18-3-2-10-26-18/h2-3,10,13,16-17H,4-9,11-12,14H2,1H3. The second-order valence-corrected chi connectivity index (χ2v) is 7.47. The second-order valence-electron chi connectivity index (χ2n) is 7.47. The highest BCUT2D eigenvalue weighted by Gasteiger charge is 2.27. The summed E-state index contributed by atoms with van der Waals surface area (Å²) in [5.74, 6) is 2.77. The topological polar surface area (TPSA) is 60.5 Å². The van der Waals surface area contributed by atoms with Gasteiger partial charge in [0.05, 0.1) is 6.26 Å². The predicted molar refractivity (Wildman–Crippen MR) is 97.1 cm³/mol. The Balaban J connectivity index is 1.37. The minimum Gasteiger partial charge on any atom is -0.459 e. The van der Waals surface area contributed by atoms with Gasteiger partial charge in [0, 0.05) is 50.7 Å². The van der Waals surface area contributed by atoms with Gasteiger partial charge in [-0.1, -0.05) is 0 Å². The molecule has 2 aromatic rings.